The average Bonchev–Trinajstić information content (AvgIpc) is 2.75. The largest absolute Gasteiger partial charge is 0.346 e. The first-order valence-electron chi connectivity index (χ1n) is 6.47. The van der Waals surface area contributed by atoms with E-state index >= 15 is 0 Å². The Morgan fingerprint density at radius 3 is 2.65 bits per heavy atom. The molecule has 0 N–H and O–H groups in total. The molecule has 0 radical (unpaired) electrons. The zero-order valence-corrected chi connectivity index (χ0v) is 11.2. The lowest BCUT2D eigenvalue weighted by Gasteiger charge is -2.16. The highest BCUT2D eigenvalue weighted by atomic mass is 16.7. The summed E-state index contributed by atoms with van der Waals surface area (Å²) in [5, 5.41) is 0. The Morgan fingerprint density at radius 1 is 1.18 bits per heavy atom. The smallest absolute Gasteiger partial charge is 0.184 e. The van der Waals surface area contributed by atoms with Crippen LogP contribution < -0.4 is 0 Å². The van der Waals surface area contributed by atoms with Crippen molar-refractivity contribution in [2.45, 2.75) is 52.9 Å². The van der Waals surface area contributed by atoms with E-state index in [1.807, 2.05) is 0 Å². The summed E-state index contributed by atoms with van der Waals surface area (Å²) in [4.78, 5) is 0. The van der Waals surface area contributed by atoms with Gasteiger partial charge in [-0.25, -0.2) is 0 Å². The van der Waals surface area contributed by atoms with Crippen molar-refractivity contribution >= 4 is 0 Å². The lowest BCUT2D eigenvalue weighted by Crippen LogP contribution is -2.09. The molecule has 1 saturated heterocycles. The second-order valence-electron chi connectivity index (χ2n) is 4.93. The fraction of sp³-hybridized carbons (Fsp3) is 0.600. The summed E-state index contributed by atoms with van der Waals surface area (Å²) in [6.07, 6.45) is 2.34. The monoisotopic (exact) mass is 234 g/mol. The predicted molar refractivity (Wildman–Crippen MR) is 69.1 cm³/mol. The molecule has 1 aromatic carbocycles. The second kappa shape index (κ2) is 5.19. The van der Waals surface area contributed by atoms with E-state index in [0.29, 0.717) is 0 Å². The highest BCUT2D eigenvalue weighted by molar-refractivity contribution is 5.39. The molecule has 2 nitrogen and oxygen atoms in total. The van der Waals surface area contributed by atoms with Gasteiger partial charge < -0.3 is 9.47 Å². The Balaban J connectivity index is 2.16. The molecular weight excluding hydrogens is 212 g/mol. The Labute approximate surface area is 104 Å². The first kappa shape index (κ1) is 12.6. The summed E-state index contributed by atoms with van der Waals surface area (Å²) in [6.45, 7) is 9.36. The van der Waals surface area contributed by atoms with Gasteiger partial charge in [-0.3, -0.25) is 0 Å². The normalized spacial score (nSPS) is 24.2. The first-order valence-corrected chi connectivity index (χ1v) is 6.47. The van der Waals surface area contributed by atoms with Crippen LogP contribution in [0, 0.1) is 20.8 Å². The molecule has 94 valence electrons. The lowest BCUT2D eigenvalue weighted by molar-refractivity contribution is -0.0615. The van der Waals surface area contributed by atoms with Crippen molar-refractivity contribution in [2.75, 3.05) is 6.61 Å². The van der Waals surface area contributed by atoms with Crippen LogP contribution in [0.2, 0.25) is 0 Å². The van der Waals surface area contributed by atoms with E-state index in [4.69, 9.17) is 9.47 Å². The molecule has 2 rings (SSSR count). The van der Waals surface area contributed by atoms with E-state index in [1.165, 1.54) is 22.3 Å². The van der Waals surface area contributed by atoms with Gasteiger partial charge in [0, 0.05) is 5.56 Å². The van der Waals surface area contributed by atoms with Crippen LogP contribution in [0.15, 0.2) is 12.1 Å². The standard InChI is InChI=1S/C15H22O2/c1-5-6-13-9-16-15(17-13)14-8-7-10(2)11(3)12(14)4/h7-8,13,15H,5-6,9H2,1-4H3. The number of hydrogen-bond donors (Lipinski definition) is 0. The minimum Gasteiger partial charge on any atom is -0.346 e. The van der Waals surface area contributed by atoms with E-state index in [1.54, 1.807) is 0 Å². The summed E-state index contributed by atoms with van der Waals surface area (Å²) in [6, 6.07) is 4.29. The lowest BCUT2D eigenvalue weighted by atomic mass is 9.98. The maximum Gasteiger partial charge on any atom is 0.184 e. The average molecular weight is 234 g/mol. The predicted octanol–water partition coefficient (Wildman–Crippen LogP) is 3.83. The van der Waals surface area contributed by atoms with Crippen LogP contribution in [0.4, 0.5) is 0 Å². The third kappa shape index (κ3) is 2.53. The zero-order valence-electron chi connectivity index (χ0n) is 11.2. The molecule has 0 bridgehead atoms. The van der Waals surface area contributed by atoms with Crippen molar-refractivity contribution in [3.8, 4) is 0 Å². The van der Waals surface area contributed by atoms with Gasteiger partial charge in [-0.1, -0.05) is 25.5 Å². The van der Waals surface area contributed by atoms with Crippen molar-refractivity contribution in [1.29, 1.82) is 0 Å². The van der Waals surface area contributed by atoms with E-state index < -0.39 is 0 Å². The minimum atomic E-state index is -0.161. The Hall–Kier alpha value is -0.860. The molecule has 2 heteroatoms. The molecule has 1 fully saturated rings. The van der Waals surface area contributed by atoms with Crippen molar-refractivity contribution in [3.05, 3.63) is 34.4 Å². The molecule has 17 heavy (non-hydrogen) atoms. The first-order chi connectivity index (χ1) is 8.13. The van der Waals surface area contributed by atoms with Gasteiger partial charge in [0.15, 0.2) is 6.29 Å². The molecule has 0 spiro atoms. The molecule has 0 amide bonds. The molecular formula is C15H22O2. The molecule has 2 atom stereocenters. The van der Waals surface area contributed by atoms with Gasteiger partial charge in [-0.2, -0.15) is 0 Å². The van der Waals surface area contributed by atoms with Crippen LogP contribution in [0.3, 0.4) is 0 Å². The molecule has 1 aliphatic heterocycles. The highest BCUT2D eigenvalue weighted by Gasteiger charge is 2.27. The molecule has 1 heterocycles. The van der Waals surface area contributed by atoms with Gasteiger partial charge in [0.1, 0.15) is 0 Å². The minimum absolute atomic E-state index is 0.161. The van der Waals surface area contributed by atoms with E-state index in [-0.39, 0.29) is 12.4 Å². The van der Waals surface area contributed by atoms with Crippen molar-refractivity contribution in [2.24, 2.45) is 0 Å². The Bertz CT molecular complexity index is 398. The van der Waals surface area contributed by atoms with E-state index in [9.17, 15) is 0 Å². The maximum atomic E-state index is 5.94. The topological polar surface area (TPSA) is 18.5 Å². The number of hydrogen-bond acceptors (Lipinski definition) is 2. The quantitative estimate of drug-likeness (QED) is 0.791. The highest BCUT2D eigenvalue weighted by Crippen LogP contribution is 2.32. The van der Waals surface area contributed by atoms with Crippen molar-refractivity contribution in [1.82, 2.24) is 0 Å². The van der Waals surface area contributed by atoms with Crippen LogP contribution in [0.1, 0.15) is 48.3 Å². The molecule has 0 aromatic heterocycles. The molecule has 2 unspecified atom stereocenters. The third-order valence-electron chi connectivity index (χ3n) is 3.71. The Morgan fingerprint density at radius 2 is 1.94 bits per heavy atom. The van der Waals surface area contributed by atoms with Crippen molar-refractivity contribution < 1.29 is 9.47 Å². The summed E-state index contributed by atoms with van der Waals surface area (Å²) >= 11 is 0. The fourth-order valence-corrected chi connectivity index (χ4v) is 2.32. The van der Waals surface area contributed by atoms with Gasteiger partial charge >= 0.3 is 0 Å². The SMILES string of the molecule is CCCC1COC(c2ccc(C)c(C)c2C)O1. The summed E-state index contributed by atoms with van der Waals surface area (Å²) in [5.74, 6) is 0. The van der Waals surface area contributed by atoms with Gasteiger partial charge in [0.2, 0.25) is 0 Å². The number of ether oxygens (including phenoxy) is 2. The van der Waals surface area contributed by atoms with Crippen LogP contribution >= 0.6 is 0 Å². The van der Waals surface area contributed by atoms with Gasteiger partial charge in [-0.05, 0) is 43.9 Å². The van der Waals surface area contributed by atoms with E-state index in [0.717, 1.165) is 19.4 Å². The van der Waals surface area contributed by atoms with Crippen LogP contribution in [-0.4, -0.2) is 12.7 Å². The molecule has 1 aromatic rings. The number of rotatable bonds is 3. The molecule has 0 aliphatic carbocycles. The van der Waals surface area contributed by atoms with Gasteiger partial charge in [0.25, 0.3) is 0 Å². The Kier molecular flexibility index (Phi) is 3.85. The van der Waals surface area contributed by atoms with Gasteiger partial charge in [0.05, 0.1) is 12.7 Å². The summed E-state index contributed by atoms with van der Waals surface area (Å²) in [5.41, 5.74) is 5.15. The fourth-order valence-electron chi connectivity index (χ4n) is 2.32. The number of benzene rings is 1. The second-order valence-corrected chi connectivity index (χ2v) is 4.93. The summed E-state index contributed by atoms with van der Waals surface area (Å²) < 4.78 is 11.7. The van der Waals surface area contributed by atoms with Gasteiger partial charge in [-0.15, -0.1) is 0 Å². The van der Waals surface area contributed by atoms with Crippen molar-refractivity contribution in [3.63, 3.8) is 0 Å². The van der Waals surface area contributed by atoms with Crippen LogP contribution in [-0.2, 0) is 9.47 Å². The van der Waals surface area contributed by atoms with Crippen LogP contribution in [0.5, 0.6) is 0 Å². The zero-order chi connectivity index (χ0) is 12.4. The molecule has 1 aliphatic rings. The summed E-state index contributed by atoms with van der Waals surface area (Å²) in [7, 11) is 0. The van der Waals surface area contributed by atoms with E-state index in [2.05, 4.69) is 39.8 Å². The number of aryl methyl sites for hydroxylation is 1. The third-order valence-corrected chi connectivity index (χ3v) is 3.71. The molecule has 0 saturated carbocycles. The maximum absolute atomic E-state index is 5.94. The van der Waals surface area contributed by atoms with Crippen LogP contribution in [0.25, 0.3) is 0 Å².